The second-order valence-corrected chi connectivity index (χ2v) is 9.26. The van der Waals surface area contributed by atoms with Gasteiger partial charge < -0.3 is 13.8 Å². The number of rotatable bonds is 9. The maximum absolute atomic E-state index is 12.6. The molecule has 1 amide bonds. The van der Waals surface area contributed by atoms with E-state index in [2.05, 4.69) is 0 Å². The Morgan fingerprint density at radius 1 is 1.10 bits per heavy atom. The lowest BCUT2D eigenvalue weighted by Crippen LogP contribution is -2.33. The lowest BCUT2D eigenvalue weighted by Gasteiger charge is -2.23. The molecule has 0 spiro atoms. The number of methoxy groups -OCH3 is 1. The van der Waals surface area contributed by atoms with Crippen molar-refractivity contribution < 1.29 is 22.1 Å². The van der Waals surface area contributed by atoms with Gasteiger partial charge in [-0.25, -0.2) is 0 Å². The molecule has 0 aromatic heterocycles. The Kier molecular flexibility index (Phi) is 6.47. The fourth-order valence-corrected chi connectivity index (χ4v) is 4.01. The molecule has 1 saturated carbocycles. The number of nitrogens with zero attached hydrogens (tertiary/aromatic N) is 1. The lowest BCUT2D eigenvalue weighted by molar-refractivity contribution is -0.133. The second kappa shape index (κ2) is 8.86. The number of carbonyl (C=O) groups excluding carboxylic acids is 1. The molecule has 29 heavy (non-hydrogen) atoms. The molecule has 1 aliphatic rings. The largest absolute Gasteiger partial charge is 0.497 e. The molecule has 0 heterocycles. The summed E-state index contributed by atoms with van der Waals surface area (Å²) in [4.78, 5) is 14.5. The van der Waals surface area contributed by atoms with Gasteiger partial charge in [-0.05, 0) is 60.7 Å². The molecule has 3 rings (SSSR count). The standard InChI is InChI=1S/C22H27NO5S/c1-16(2)13-22(24)23(18-7-8-18)15-17-5-4-6-20(14-17)28-29(25,26)21-11-9-19(27-3)10-12-21/h4-6,9-12,14,16,18H,7-8,13,15H2,1-3H3. The zero-order valence-electron chi connectivity index (χ0n) is 17.0. The van der Waals surface area contributed by atoms with E-state index in [1.807, 2.05) is 24.8 Å². The van der Waals surface area contributed by atoms with E-state index in [0.717, 1.165) is 18.4 Å². The van der Waals surface area contributed by atoms with Gasteiger partial charge in [0.2, 0.25) is 5.91 Å². The molecule has 0 N–H and O–H groups in total. The van der Waals surface area contributed by atoms with Crippen molar-refractivity contribution in [1.82, 2.24) is 4.90 Å². The maximum atomic E-state index is 12.6. The van der Waals surface area contributed by atoms with E-state index >= 15 is 0 Å². The fraction of sp³-hybridized carbons (Fsp3) is 0.409. The average molecular weight is 418 g/mol. The Labute approximate surface area is 172 Å². The lowest BCUT2D eigenvalue weighted by atomic mass is 10.1. The molecule has 2 aromatic rings. The molecule has 0 radical (unpaired) electrons. The Morgan fingerprint density at radius 3 is 2.38 bits per heavy atom. The summed E-state index contributed by atoms with van der Waals surface area (Å²) in [6, 6.07) is 13.2. The predicted molar refractivity (Wildman–Crippen MR) is 110 cm³/mol. The first kappa shape index (κ1) is 21.2. The Bertz CT molecular complexity index is 949. The summed E-state index contributed by atoms with van der Waals surface area (Å²) >= 11 is 0. The SMILES string of the molecule is COc1ccc(S(=O)(=O)Oc2cccc(CN(C(=O)CC(C)C)C3CC3)c2)cc1. The highest BCUT2D eigenvalue weighted by Gasteiger charge is 2.32. The van der Waals surface area contributed by atoms with Crippen LogP contribution in [0.5, 0.6) is 11.5 Å². The van der Waals surface area contributed by atoms with Crippen LogP contribution in [0.2, 0.25) is 0 Å². The van der Waals surface area contributed by atoms with Crippen molar-refractivity contribution in [3.63, 3.8) is 0 Å². The first-order chi connectivity index (χ1) is 13.8. The summed E-state index contributed by atoms with van der Waals surface area (Å²) < 4.78 is 35.5. The Balaban J connectivity index is 1.73. The van der Waals surface area contributed by atoms with E-state index in [1.165, 1.54) is 19.2 Å². The van der Waals surface area contributed by atoms with Crippen LogP contribution in [0.15, 0.2) is 53.4 Å². The van der Waals surface area contributed by atoms with Crippen LogP contribution >= 0.6 is 0 Å². The van der Waals surface area contributed by atoms with E-state index < -0.39 is 10.1 Å². The van der Waals surface area contributed by atoms with Crippen molar-refractivity contribution in [3.8, 4) is 11.5 Å². The Morgan fingerprint density at radius 2 is 1.79 bits per heavy atom. The number of amides is 1. The average Bonchev–Trinajstić information content (AvgIpc) is 3.50. The van der Waals surface area contributed by atoms with Gasteiger partial charge in [-0.1, -0.05) is 26.0 Å². The molecule has 2 aromatic carbocycles. The topological polar surface area (TPSA) is 72.9 Å². The summed E-state index contributed by atoms with van der Waals surface area (Å²) in [7, 11) is -2.44. The summed E-state index contributed by atoms with van der Waals surface area (Å²) in [5.74, 6) is 1.23. The van der Waals surface area contributed by atoms with E-state index in [-0.39, 0.29) is 22.6 Å². The third-order valence-electron chi connectivity index (χ3n) is 4.70. The van der Waals surface area contributed by atoms with Gasteiger partial charge in [0.05, 0.1) is 7.11 Å². The number of ether oxygens (including phenoxy) is 1. The minimum Gasteiger partial charge on any atom is -0.497 e. The monoisotopic (exact) mass is 417 g/mol. The first-order valence-corrected chi connectivity index (χ1v) is 11.2. The number of carbonyl (C=O) groups is 1. The third kappa shape index (κ3) is 5.73. The van der Waals surface area contributed by atoms with Crippen LogP contribution in [0.4, 0.5) is 0 Å². The molecule has 0 bridgehead atoms. The summed E-state index contributed by atoms with van der Waals surface area (Å²) in [6.45, 7) is 4.51. The van der Waals surface area contributed by atoms with Crippen LogP contribution in [-0.2, 0) is 21.5 Å². The first-order valence-electron chi connectivity index (χ1n) is 9.75. The highest BCUT2D eigenvalue weighted by atomic mass is 32.2. The van der Waals surface area contributed by atoms with Gasteiger partial charge in [0.25, 0.3) is 0 Å². The number of hydrogen-bond donors (Lipinski definition) is 0. The van der Waals surface area contributed by atoms with E-state index in [0.29, 0.717) is 24.6 Å². The molecule has 0 aliphatic heterocycles. The second-order valence-electron chi connectivity index (χ2n) is 7.71. The van der Waals surface area contributed by atoms with Gasteiger partial charge in [-0.3, -0.25) is 4.79 Å². The van der Waals surface area contributed by atoms with Gasteiger partial charge in [0, 0.05) is 19.0 Å². The summed E-state index contributed by atoms with van der Waals surface area (Å²) in [5.41, 5.74) is 0.844. The van der Waals surface area contributed by atoms with Crippen molar-refractivity contribution in [1.29, 1.82) is 0 Å². The zero-order valence-corrected chi connectivity index (χ0v) is 17.8. The van der Waals surface area contributed by atoms with Crippen molar-refractivity contribution in [2.45, 2.75) is 50.6 Å². The van der Waals surface area contributed by atoms with Crippen molar-refractivity contribution in [3.05, 3.63) is 54.1 Å². The minimum atomic E-state index is -3.96. The van der Waals surface area contributed by atoms with Crippen LogP contribution in [-0.4, -0.2) is 32.4 Å². The maximum Gasteiger partial charge on any atom is 0.339 e. The number of benzene rings is 2. The predicted octanol–water partition coefficient (Wildman–Crippen LogP) is 4.00. The molecule has 6 nitrogen and oxygen atoms in total. The molecular weight excluding hydrogens is 390 g/mol. The smallest absolute Gasteiger partial charge is 0.339 e. The van der Waals surface area contributed by atoms with Crippen LogP contribution in [0.25, 0.3) is 0 Å². The minimum absolute atomic E-state index is 0.0513. The highest BCUT2D eigenvalue weighted by Crippen LogP contribution is 2.30. The number of hydrogen-bond acceptors (Lipinski definition) is 5. The van der Waals surface area contributed by atoms with Crippen molar-refractivity contribution in [2.24, 2.45) is 5.92 Å². The van der Waals surface area contributed by atoms with Crippen molar-refractivity contribution in [2.75, 3.05) is 7.11 Å². The zero-order chi connectivity index (χ0) is 21.0. The molecular formula is C22H27NO5S. The fourth-order valence-electron chi connectivity index (χ4n) is 3.08. The van der Waals surface area contributed by atoms with Crippen molar-refractivity contribution >= 4 is 16.0 Å². The van der Waals surface area contributed by atoms with E-state index in [4.69, 9.17) is 8.92 Å². The molecule has 0 unspecified atom stereocenters. The molecule has 0 atom stereocenters. The highest BCUT2D eigenvalue weighted by molar-refractivity contribution is 7.87. The van der Waals surface area contributed by atoms with Gasteiger partial charge >= 0.3 is 10.1 Å². The van der Waals surface area contributed by atoms with E-state index in [1.54, 1.807) is 30.3 Å². The normalized spacial score (nSPS) is 13.9. The van der Waals surface area contributed by atoms with Crippen LogP contribution in [0.1, 0.15) is 38.7 Å². The van der Waals surface area contributed by atoms with Gasteiger partial charge in [-0.2, -0.15) is 8.42 Å². The Hall–Kier alpha value is -2.54. The summed E-state index contributed by atoms with van der Waals surface area (Å²) in [6.07, 6.45) is 2.55. The molecule has 7 heteroatoms. The molecule has 156 valence electrons. The van der Waals surface area contributed by atoms with Crippen LogP contribution < -0.4 is 8.92 Å². The summed E-state index contributed by atoms with van der Waals surface area (Å²) in [5, 5.41) is 0. The van der Waals surface area contributed by atoms with E-state index in [9.17, 15) is 13.2 Å². The molecule has 1 fully saturated rings. The van der Waals surface area contributed by atoms with Crippen LogP contribution in [0.3, 0.4) is 0 Å². The quantitative estimate of drug-likeness (QED) is 0.577. The molecule has 0 saturated heterocycles. The van der Waals surface area contributed by atoms with Gasteiger partial charge in [0.15, 0.2) is 0 Å². The molecule has 1 aliphatic carbocycles. The third-order valence-corrected chi connectivity index (χ3v) is 5.96. The van der Waals surface area contributed by atoms with Gasteiger partial charge in [-0.15, -0.1) is 0 Å². The van der Waals surface area contributed by atoms with Crippen LogP contribution in [0, 0.1) is 5.92 Å². The van der Waals surface area contributed by atoms with Gasteiger partial charge in [0.1, 0.15) is 16.4 Å².